The molecule has 196 valence electrons. The number of carboxylic acids is 1. The Morgan fingerprint density at radius 3 is 2.57 bits per heavy atom. The van der Waals surface area contributed by atoms with Gasteiger partial charge in [-0.1, -0.05) is 17.7 Å². The van der Waals surface area contributed by atoms with Gasteiger partial charge in [-0.2, -0.15) is 0 Å². The summed E-state index contributed by atoms with van der Waals surface area (Å²) in [7, 11) is 0. The average Bonchev–Trinajstić information content (AvgIpc) is 3.53. The Labute approximate surface area is 219 Å². The number of aliphatic carboxylic acids is 1. The van der Waals surface area contributed by atoms with Crippen LogP contribution in [-0.2, 0) is 25.5 Å². The van der Waals surface area contributed by atoms with Crippen molar-refractivity contribution in [2.24, 2.45) is 4.99 Å². The number of carboxylic acid groups (broad SMARTS) is 1. The summed E-state index contributed by atoms with van der Waals surface area (Å²) >= 11 is 1.38. The van der Waals surface area contributed by atoms with Gasteiger partial charge < -0.3 is 25.4 Å². The van der Waals surface area contributed by atoms with E-state index in [1.807, 2.05) is 12.4 Å². The highest BCUT2D eigenvalue weighted by molar-refractivity contribution is 7.07. The van der Waals surface area contributed by atoms with Crippen molar-refractivity contribution in [3.8, 4) is 0 Å². The Balaban J connectivity index is 1.48. The Morgan fingerprint density at radius 1 is 1.22 bits per heavy atom. The summed E-state index contributed by atoms with van der Waals surface area (Å²) in [5.41, 5.74) is 7.62. The third-order valence-electron chi connectivity index (χ3n) is 6.33. The van der Waals surface area contributed by atoms with Gasteiger partial charge in [0.25, 0.3) is 5.91 Å². The van der Waals surface area contributed by atoms with Crippen molar-refractivity contribution in [2.75, 3.05) is 11.4 Å². The number of hydrogen-bond acceptors (Lipinski definition) is 8. The molecule has 0 radical (unpaired) electrons. The number of nitrogens with zero attached hydrogens (tertiary/aromatic N) is 3. The topological polar surface area (TPSA) is 137 Å². The first-order valence-corrected chi connectivity index (χ1v) is 13.0. The molecule has 11 heteroatoms. The van der Waals surface area contributed by atoms with Crippen molar-refractivity contribution < 1.29 is 24.2 Å². The quantitative estimate of drug-likeness (QED) is 0.427. The van der Waals surface area contributed by atoms with Gasteiger partial charge in [-0.3, -0.25) is 14.6 Å². The molecule has 0 bridgehead atoms. The van der Waals surface area contributed by atoms with E-state index in [-0.39, 0.29) is 19.0 Å². The number of benzene rings is 1. The molecule has 0 saturated carbocycles. The van der Waals surface area contributed by atoms with Crippen LogP contribution in [0.5, 0.6) is 0 Å². The molecule has 2 aliphatic heterocycles. The summed E-state index contributed by atoms with van der Waals surface area (Å²) in [6.07, 6.45) is 2.44. The second kappa shape index (κ2) is 11.2. The van der Waals surface area contributed by atoms with Gasteiger partial charge in [0, 0.05) is 42.4 Å². The van der Waals surface area contributed by atoms with Crippen molar-refractivity contribution in [3.63, 3.8) is 0 Å². The molecule has 2 amide bonds. The maximum atomic E-state index is 13.2. The summed E-state index contributed by atoms with van der Waals surface area (Å²) in [4.78, 5) is 47.7. The molecule has 0 spiro atoms. The zero-order valence-electron chi connectivity index (χ0n) is 21.2. The molecule has 3 heterocycles. The third-order valence-corrected chi connectivity index (χ3v) is 6.96. The number of nitrogens with one attached hydrogen (secondary N) is 2. The first kappa shape index (κ1) is 26.5. The number of rotatable bonds is 9. The fraction of sp³-hybridized carbons (Fsp3) is 0.423. The number of thiazole rings is 1. The fourth-order valence-electron chi connectivity index (χ4n) is 4.52. The van der Waals surface area contributed by atoms with Gasteiger partial charge in [0.05, 0.1) is 23.4 Å². The zero-order valence-corrected chi connectivity index (χ0v) is 22.0. The number of hydrogen-bond donors (Lipinski definition) is 3. The molecular formula is C26H31N5O5S. The number of ether oxygens (including phenoxy) is 1. The van der Waals surface area contributed by atoms with Crippen LogP contribution >= 0.6 is 11.3 Å². The molecule has 0 aliphatic carbocycles. The van der Waals surface area contributed by atoms with Crippen molar-refractivity contribution in [3.05, 3.63) is 57.3 Å². The van der Waals surface area contributed by atoms with Crippen LogP contribution in [0.1, 0.15) is 35.7 Å². The molecule has 1 aromatic heterocycles. The van der Waals surface area contributed by atoms with Crippen LogP contribution in [0.3, 0.4) is 0 Å². The van der Waals surface area contributed by atoms with E-state index in [2.05, 4.69) is 65.3 Å². The maximum Gasteiger partial charge on any atom is 0.336 e. The smallest absolute Gasteiger partial charge is 0.336 e. The monoisotopic (exact) mass is 525 g/mol. The number of aliphatic imine (C=N–C) groups is 1. The summed E-state index contributed by atoms with van der Waals surface area (Å²) in [5.74, 6) is -2.27. The number of carbonyl (C=O) groups excluding carboxylic acids is 2. The van der Waals surface area contributed by atoms with Gasteiger partial charge in [-0.15, -0.1) is 11.3 Å². The normalized spacial score (nSPS) is 21.6. The molecule has 1 fully saturated rings. The number of aromatic nitrogens is 1. The van der Waals surface area contributed by atoms with Crippen LogP contribution in [0.25, 0.3) is 0 Å². The van der Waals surface area contributed by atoms with E-state index in [0.717, 1.165) is 12.1 Å². The van der Waals surface area contributed by atoms with Gasteiger partial charge in [-0.25, -0.2) is 9.78 Å². The van der Waals surface area contributed by atoms with E-state index in [9.17, 15) is 14.4 Å². The molecule has 3 N–H and O–H groups in total. The number of epoxide rings is 1. The van der Waals surface area contributed by atoms with Crippen LogP contribution in [0.4, 0.5) is 5.69 Å². The Bertz CT molecular complexity index is 1220. The second-order valence-electron chi connectivity index (χ2n) is 9.45. The SMILES string of the molecule is Cc1cc(C)c(N2C=C(CNC(=O)C(Cc3cscn3)NC(=O)C3OC3C(=O)O)N=CCC2C)c(C)c1. The van der Waals surface area contributed by atoms with Crippen molar-refractivity contribution in [1.82, 2.24) is 15.6 Å². The molecular weight excluding hydrogens is 494 g/mol. The van der Waals surface area contributed by atoms with E-state index >= 15 is 0 Å². The van der Waals surface area contributed by atoms with E-state index in [4.69, 9.17) is 9.84 Å². The van der Waals surface area contributed by atoms with Crippen LogP contribution in [0, 0.1) is 20.8 Å². The van der Waals surface area contributed by atoms with Crippen molar-refractivity contribution in [1.29, 1.82) is 0 Å². The minimum atomic E-state index is -1.21. The Morgan fingerprint density at radius 2 is 1.95 bits per heavy atom. The largest absolute Gasteiger partial charge is 0.479 e. The molecule has 1 aromatic carbocycles. The average molecular weight is 526 g/mol. The van der Waals surface area contributed by atoms with Crippen LogP contribution in [0.15, 0.2) is 39.9 Å². The van der Waals surface area contributed by atoms with Crippen molar-refractivity contribution in [2.45, 2.75) is 64.8 Å². The number of aryl methyl sites for hydroxylation is 3. The molecule has 2 aliphatic rings. The first-order valence-electron chi connectivity index (χ1n) is 12.1. The number of carbonyl (C=O) groups is 3. The fourth-order valence-corrected chi connectivity index (χ4v) is 5.10. The summed E-state index contributed by atoms with van der Waals surface area (Å²) in [6, 6.07) is 3.54. The van der Waals surface area contributed by atoms with E-state index in [1.54, 1.807) is 10.9 Å². The standard InChI is InChI=1S/C26H31N5O5S/c1-14-7-15(2)21(16(3)8-14)31-11-19(27-6-5-17(31)4)10-28-24(32)20(9-18-12-37-13-29-18)30-25(33)22-23(36-22)26(34)35/h6-8,11-13,17,20,22-23H,5,9-10H2,1-4H3,(H,28,32)(H,30,33)(H,34,35). The highest BCUT2D eigenvalue weighted by atomic mass is 32.1. The van der Waals surface area contributed by atoms with Crippen LogP contribution in [0.2, 0.25) is 0 Å². The highest BCUT2D eigenvalue weighted by Gasteiger charge is 2.51. The lowest BCUT2D eigenvalue weighted by Crippen LogP contribution is -2.50. The summed E-state index contributed by atoms with van der Waals surface area (Å²) in [6.45, 7) is 8.55. The zero-order chi connectivity index (χ0) is 26.7. The van der Waals surface area contributed by atoms with E-state index in [0.29, 0.717) is 11.4 Å². The first-order chi connectivity index (χ1) is 17.6. The Kier molecular flexibility index (Phi) is 8.03. The third kappa shape index (κ3) is 6.41. The lowest BCUT2D eigenvalue weighted by atomic mass is 10.0. The van der Waals surface area contributed by atoms with Crippen molar-refractivity contribution >= 4 is 41.0 Å². The lowest BCUT2D eigenvalue weighted by Gasteiger charge is -2.30. The summed E-state index contributed by atoms with van der Waals surface area (Å²) in [5, 5.41) is 16.3. The van der Waals surface area contributed by atoms with Crippen LogP contribution in [-0.4, -0.2) is 64.9 Å². The van der Waals surface area contributed by atoms with Gasteiger partial charge in [-0.05, 0) is 38.8 Å². The van der Waals surface area contributed by atoms with Gasteiger partial charge in [0.1, 0.15) is 6.04 Å². The highest BCUT2D eigenvalue weighted by Crippen LogP contribution is 2.30. The minimum Gasteiger partial charge on any atom is -0.479 e. The molecule has 4 rings (SSSR count). The lowest BCUT2D eigenvalue weighted by molar-refractivity contribution is -0.138. The second-order valence-corrected chi connectivity index (χ2v) is 10.2. The van der Waals surface area contributed by atoms with Gasteiger partial charge in [0.2, 0.25) is 5.91 Å². The molecule has 1 saturated heterocycles. The van der Waals surface area contributed by atoms with E-state index in [1.165, 1.54) is 28.0 Å². The van der Waals surface area contributed by atoms with Gasteiger partial charge in [0.15, 0.2) is 12.2 Å². The predicted octanol–water partition coefficient (Wildman–Crippen LogP) is 2.27. The predicted molar refractivity (Wildman–Crippen MR) is 141 cm³/mol. The van der Waals surface area contributed by atoms with Gasteiger partial charge >= 0.3 is 5.97 Å². The molecule has 37 heavy (non-hydrogen) atoms. The molecule has 4 atom stereocenters. The number of anilines is 1. The van der Waals surface area contributed by atoms with E-state index < -0.39 is 36.0 Å². The summed E-state index contributed by atoms with van der Waals surface area (Å²) < 4.78 is 4.92. The minimum absolute atomic E-state index is 0.156. The molecule has 10 nitrogen and oxygen atoms in total. The number of amides is 2. The molecule has 4 unspecified atom stereocenters. The molecule has 2 aromatic rings. The maximum absolute atomic E-state index is 13.2. The Hall–Kier alpha value is -3.57. The van der Waals surface area contributed by atoms with Crippen LogP contribution < -0.4 is 15.5 Å².